The normalized spacial score (nSPS) is 13.3. The molecule has 0 amide bonds. The molecule has 0 unspecified atom stereocenters. The number of anilines is 1. The van der Waals surface area contributed by atoms with Crippen molar-refractivity contribution >= 4 is 11.5 Å². The predicted octanol–water partition coefficient (Wildman–Crippen LogP) is 4.20. The van der Waals surface area contributed by atoms with Gasteiger partial charge in [0.25, 0.3) is 0 Å². The number of rotatable bonds is 6. The van der Waals surface area contributed by atoms with Gasteiger partial charge in [0.1, 0.15) is 12.4 Å². The second kappa shape index (κ2) is 7.35. The Morgan fingerprint density at radius 1 is 1.29 bits per heavy atom. The molecule has 1 aliphatic rings. The predicted molar refractivity (Wildman–Crippen MR) is 98.2 cm³/mol. The van der Waals surface area contributed by atoms with Gasteiger partial charge in [-0.3, -0.25) is 4.79 Å². The molecular weight excluding hydrogens is 298 g/mol. The number of carbonyl (C=O) groups is 1. The first-order chi connectivity index (χ1) is 11.7. The summed E-state index contributed by atoms with van der Waals surface area (Å²) in [5, 5.41) is 0. The maximum Gasteiger partial charge on any atom is 0.185 e. The number of hydrogen-bond acceptors (Lipinski definition) is 3. The Bertz CT molecular complexity index is 751. The van der Waals surface area contributed by atoms with E-state index in [0.29, 0.717) is 24.5 Å². The summed E-state index contributed by atoms with van der Waals surface area (Å²) in [5.74, 6) is 0.727. The number of nitrogens with zero attached hydrogens (tertiary/aromatic N) is 1. The molecule has 124 valence electrons. The van der Waals surface area contributed by atoms with Crippen molar-refractivity contribution in [2.24, 2.45) is 0 Å². The minimum atomic E-state index is 0.0921. The molecule has 0 atom stereocenters. The SMILES string of the molecule is C=CCOc1ccc(C)cc1C(=O)CN1CCCc2ccccc21. The quantitative estimate of drug-likeness (QED) is 0.590. The largest absolute Gasteiger partial charge is 0.489 e. The smallest absolute Gasteiger partial charge is 0.185 e. The third-order valence-electron chi connectivity index (χ3n) is 4.33. The highest BCUT2D eigenvalue weighted by Gasteiger charge is 2.21. The number of ketones is 1. The Kier molecular flexibility index (Phi) is 4.99. The maximum atomic E-state index is 12.9. The van der Waals surface area contributed by atoms with Gasteiger partial charge >= 0.3 is 0 Å². The number of fused-ring (bicyclic) bond motifs is 1. The van der Waals surface area contributed by atoms with Gasteiger partial charge in [-0.15, -0.1) is 0 Å². The van der Waals surface area contributed by atoms with Crippen molar-refractivity contribution < 1.29 is 9.53 Å². The molecule has 1 heterocycles. The van der Waals surface area contributed by atoms with Crippen molar-refractivity contribution in [1.29, 1.82) is 0 Å². The van der Waals surface area contributed by atoms with Crippen LogP contribution in [0.3, 0.4) is 0 Å². The zero-order chi connectivity index (χ0) is 16.9. The van der Waals surface area contributed by atoms with E-state index >= 15 is 0 Å². The molecule has 0 N–H and O–H groups in total. The van der Waals surface area contributed by atoms with E-state index < -0.39 is 0 Å². The van der Waals surface area contributed by atoms with Crippen molar-refractivity contribution in [2.75, 3.05) is 24.6 Å². The average Bonchev–Trinajstić information content (AvgIpc) is 2.61. The summed E-state index contributed by atoms with van der Waals surface area (Å²) in [6, 6.07) is 14.1. The third-order valence-corrected chi connectivity index (χ3v) is 4.33. The first-order valence-corrected chi connectivity index (χ1v) is 8.39. The Labute approximate surface area is 143 Å². The van der Waals surface area contributed by atoms with Crippen LogP contribution in [-0.2, 0) is 6.42 Å². The van der Waals surface area contributed by atoms with Crippen LogP contribution in [0.15, 0.2) is 55.1 Å². The van der Waals surface area contributed by atoms with Crippen molar-refractivity contribution in [3.8, 4) is 5.75 Å². The second-order valence-corrected chi connectivity index (χ2v) is 6.18. The summed E-state index contributed by atoms with van der Waals surface area (Å²) in [7, 11) is 0. The number of benzene rings is 2. The first-order valence-electron chi connectivity index (χ1n) is 8.39. The summed E-state index contributed by atoms with van der Waals surface area (Å²) in [6.07, 6.45) is 3.85. The first kappa shape index (κ1) is 16.3. The van der Waals surface area contributed by atoms with Crippen LogP contribution in [0.4, 0.5) is 5.69 Å². The zero-order valence-corrected chi connectivity index (χ0v) is 14.1. The van der Waals surface area contributed by atoms with Gasteiger partial charge in [0, 0.05) is 12.2 Å². The van der Waals surface area contributed by atoms with E-state index in [1.54, 1.807) is 6.08 Å². The topological polar surface area (TPSA) is 29.5 Å². The molecule has 0 fully saturated rings. The van der Waals surface area contributed by atoms with E-state index in [1.807, 2.05) is 31.2 Å². The van der Waals surface area contributed by atoms with Crippen LogP contribution in [0.2, 0.25) is 0 Å². The molecule has 0 spiro atoms. The Hall–Kier alpha value is -2.55. The lowest BCUT2D eigenvalue weighted by Crippen LogP contribution is -2.34. The van der Waals surface area contributed by atoms with Gasteiger partial charge in [-0.2, -0.15) is 0 Å². The Balaban J connectivity index is 1.83. The highest BCUT2D eigenvalue weighted by molar-refractivity contribution is 6.01. The van der Waals surface area contributed by atoms with Crippen molar-refractivity contribution in [3.05, 3.63) is 71.8 Å². The molecule has 0 radical (unpaired) electrons. The van der Waals surface area contributed by atoms with E-state index in [1.165, 1.54) is 11.3 Å². The lowest BCUT2D eigenvalue weighted by atomic mass is 10.0. The second-order valence-electron chi connectivity index (χ2n) is 6.18. The molecule has 0 bridgehead atoms. The monoisotopic (exact) mass is 321 g/mol. The molecule has 0 aliphatic carbocycles. The fourth-order valence-electron chi connectivity index (χ4n) is 3.17. The fraction of sp³-hybridized carbons (Fsp3) is 0.286. The standard InChI is InChI=1S/C21H23NO2/c1-3-13-24-21-11-10-16(2)14-18(21)20(23)15-22-12-6-8-17-7-4-5-9-19(17)22/h3-5,7,9-11,14H,1,6,8,12-13,15H2,2H3. The van der Waals surface area contributed by atoms with Gasteiger partial charge in [0.2, 0.25) is 0 Å². The van der Waals surface area contributed by atoms with Gasteiger partial charge in [0.15, 0.2) is 5.78 Å². The molecule has 24 heavy (non-hydrogen) atoms. The van der Waals surface area contributed by atoms with Crippen molar-refractivity contribution in [3.63, 3.8) is 0 Å². The number of hydrogen-bond donors (Lipinski definition) is 0. The molecular formula is C21H23NO2. The summed E-state index contributed by atoms with van der Waals surface area (Å²) in [5.41, 5.74) is 4.21. The number of ether oxygens (including phenoxy) is 1. The summed E-state index contributed by atoms with van der Waals surface area (Å²) in [4.78, 5) is 15.1. The number of aryl methyl sites for hydroxylation is 2. The van der Waals surface area contributed by atoms with Gasteiger partial charge in [0.05, 0.1) is 12.1 Å². The third kappa shape index (κ3) is 3.51. The number of para-hydroxylation sites is 1. The number of carbonyl (C=O) groups excluding carboxylic acids is 1. The van der Waals surface area contributed by atoms with E-state index in [-0.39, 0.29) is 5.78 Å². The van der Waals surface area contributed by atoms with Crippen LogP contribution in [0.1, 0.15) is 27.9 Å². The zero-order valence-electron chi connectivity index (χ0n) is 14.1. The number of Topliss-reactive ketones (excluding diaryl/α,β-unsaturated/α-hetero) is 1. The molecule has 1 aliphatic heterocycles. The summed E-state index contributed by atoms with van der Waals surface area (Å²) in [6.45, 7) is 7.35. The van der Waals surface area contributed by atoms with E-state index in [0.717, 1.165) is 24.9 Å². The van der Waals surface area contributed by atoms with Gasteiger partial charge in [-0.1, -0.05) is 42.5 Å². The van der Waals surface area contributed by atoms with Crippen LogP contribution >= 0.6 is 0 Å². The molecule has 3 heteroatoms. The molecule has 0 saturated carbocycles. The molecule has 2 aromatic carbocycles. The van der Waals surface area contributed by atoms with E-state index in [9.17, 15) is 4.79 Å². The lowest BCUT2D eigenvalue weighted by Gasteiger charge is -2.30. The van der Waals surface area contributed by atoms with Gasteiger partial charge < -0.3 is 9.64 Å². The molecule has 0 aromatic heterocycles. The van der Waals surface area contributed by atoms with Crippen LogP contribution < -0.4 is 9.64 Å². The van der Waals surface area contributed by atoms with Crippen molar-refractivity contribution in [1.82, 2.24) is 0 Å². The van der Waals surface area contributed by atoms with Gasteiger partial charge in [-0.25, -0.2) is 0 Å². The summed E-state index contributed by atoms with van der Waals surface area (Å²) >= 11 is 0. The van der Waals surface area contributed by atoms with E-state index in [4.69, 9.17) is 4.74 Å². The summed E-state index contributed by atoms with van der Waals surface area (Å²) < 4.78 is 5.66. The fourth-order valence-corrected chi connectivity index (χ4v) is 3.17. The van der Waals surface area contributed by atoms with Crippen LogP contribution in [-0.4, -0.2) is 25.5 Å². The molecule has 2 aromatic rings. The molecule has 0 saturated heterocycles. The van der Waals surface area contributed by atoms with Crippen LogP contribution in [0.25, 0.3) is 0 Å². The van der Waals surface area contributed by atoms with Crippen LogP contribution in [0, 0.1) is 6.92 Å². The van der Waals surface area contributed by atoms with Crippen LogP contribution in [0.5, 0.6) is 5.75 Å². The Morgan fingerprint density at radius 3 is 2.96 bits per heavy atom. The average molecular weight is 321 g/mol. The van der Waals surface area contributed by atoms with E-state index in [2.05, 4.69) is 29.7 Å². The lowest BCUT2D eigenvalue weighted by molar-refractivity contribution is 0.0995. The molecule has 3 rings (SSSR count). The highest BCUT2D eigenvalue weighted by atomic mass is 16.5. The molecule has 3 nitrogen and oxygen atoms in total. The minimum Gasteiger partial charge on any atom is -0.489 e. The highest BCUT2D eigenvalue weighted by Crippen LogP contribution is 2.28. The van der Waals surface area contributed by atoms with Crippen molar-refractivity contribution in [2.45, 2.75) is 19.8 Å². The minimum absolute atomic E-state index is 0.0921. The Morgan fingerprint density at radius 2 is 2.12 bits per heavy atom. The maximum absolute atomic E-state index is 12.9. The van der Waals surface area contributed by atoms with Gasteiger partial charge in [-0.05, 0) is 43.5 Å².